The number of hydrogen-bond donors (Lipinski definition) is 4. The summed E-state index contributed by atoms with van der Waals surface area (Å²) in [5.74, 6) is -1.14. The lowest BCUT2D eigenvalue weighted by Gasteiger charge is -2.21. The van der Waals surface area contributed by atoms with Crippen LogP contribution in [0.5, 0.6) is 5.75 Å². The Balaban J connectivity index is 1.50. The number of alkyl halides is 3. The number of benzene rings is 1. The minimum Gasteiger partial charge on any atom is -0.491 e. The summed E-state index contributed by atoms with van der Waals surface area (Å²) in [5, 5.41) is 39.8. The summed E-state index contributed by atoms with van der Waals surface area (Å²) < 4.78 is 48.7. The minimum absolute atomic E-state index is 0.0186. The number of halogens is 3. The number of carbonyl (C=O) groups excluding carboxylic acids is 1. The van der Waals surface area contributed by atoms with Gasteiger partial charge in [0.05, 0.1) is 24.4 Å². The van der Waals surface area contributed by atoms with Gasteiger partial charge >= 0.3 is 12.1 Å². The van der Waals surface area contributed by atoms with Crippen LogP contribution in [0.3, 0.4) is 0 Å². The van der Waals surface area contributed by atoms with Gasteiger partial charge in [0.1, 0.15) is 29.9 Å². The zero-order valence-corrected chi connectivity index (χ0v) is 20.8. The number of thiophene rings is 1. The molecule has 4 N–H and O–H groups in total. The molecule has 0 unspecified atom stereocenters. The topological polar surface area (TPSA) is 116 Å². The first kappa shape index (κ1) is 29.1. The van der Waals surface area contributed by atoms with Crippen LogP contribution in [-0.2, 0) is 17.3 Å². The first-order valence-electron chi connectivity index (χ1n) is 12.0. The molecule has 1 fully saturated rings. The molecule has 1 saturated carbocycles. The number of hydrogen-bond acceptors (Lipinski definition) is 8. The molecule has 204 valence electrons. The van der Waals surface area contributed by atoms with Gasteiger partial charge in [-0.25, -0.2) is 4.79 Å². The van der Waals surface area contributed by atoms with E-state index in [1.807, 2.05) is 6.07 Å². The average molecular weight is 545 g/mol. The average Bonchev–Trinajstić information content (AvgIpc) is 3.43. The van der Waals surface area contributed by atoms with Crippen molar-refractivity contribution < 1.29 is 47.9 Å². The van der Waals surface area contributed by atoms with Gasteiger partial charge in [-0.1, -0.05) is 18.2 Å². The third kappa shape index (κ3) is 8.54. The molecular weight excluding hydrogens is 513 g/mol. The molecule has 0 bridgehead atoms. The van der Waals surface area contributed by atoms with Crippen molar-refractivity contribution in [2.75, 3.05) is 19.8 Å². The van der Waals surface area contributed by atoms with Crippen LogP contribution < -0.4 is 4.74 Å². The molecule has 1 aromatic carbocycles. The standard InChI is InChI=1S/C26H31F3O7S/c27-26(28,29)16-3-1-4-18(13-16)36-15-17(31)7-9-21-20(22(32)14-23(21)33)6-2-5-19-8-10-24(37-19)25(34)35-12-11-30/h1,3-4,7-10,13,17,20-23,30-33H,2,5-6,11-12,14-15H2/b9-7+/t17-,20+,21+,22-,23+/m0/s1. The molecule has 0 amide bonds. The maximum Gasteiger partial charge on any atom is 0.416 e. The second kappa shape index (κ2) is 13.4. The Kier molecular flexibility index (Phi) is 10.5. The van der Waals surface area contributed by atoms with Crippen LogP contribution >= 0.6 is 11.3 Å². The highest BCUT2D eigenvalue weighted by atomic mass is 32.1. The van der Waals surface area contributed by atoms with E-state index in [2.05, 4.69) is 0 Å². The number of esters is 1. The normalized spacial score (nSPS) is 22.9. The SMILES string of the molecule is O=C(OCCO)c1ccc(CCC[C@@H]2[C@@H](/C=C/[C@H](O)COc3cccc(C(F)(F)F)c3)[C@H](O)C[C@@H]2O)s1. The van der Waals surface area contributed by atoms with Crippen LogP contribution in [0.25, 0.3) is 0 Å². The van der Waals surface area contributed by atoms with E-state index in [1.165, 1.54) is 29.5 Å². The smallest absolute Gasteiger partial charge is 0.416 e. The van der Waals surface area contributed by atoms with Crippen molar-refractivity contribution in [2.24, 2.45) is 11.8 Å². The highest BCUT2D eigenvalue weighted by Crippen LogP contribution is 2.37. The predicted octanol–water partition coefficient (Wildman–Crippen LogP) is 3.59. The lowest BCUT2D eigenvalue weighted by Crippen LogP contribution is -2.22. The second-order valence-corrected chi connectivity index (χ2v) is 10.1. The van der Waals surface area contributed by atoms with Gasteiger partial charge in [-0.3, -0.25) is 0 Å². The molecule has 1 heterocycles. The summed E-state index contributed by atoms with van der Waals surface area (Å²) in [6, 6.07) is 7.88. The number of aliphatic hydroxyl groups excluding tert-OH is 4. The van der Waals surface area contributed by atoms with Gasteiger partial charge in [0, 0.05) is 17.2 Å². The Labute approximate surface area is 216 Å². The molecule has 0 aliphatic heterocycles. The second-order valence-electron chi connectivity index (χ2n) is 8.92. The van der Waals surface area contributed by atoms with Crippen molar-refractivity contribution in [3.8, 4) is 5.75 Å². The predicted molar refractivity (Wildman–Crippen MR) is 130 cm³/mol. The van der Waals surface area contributed by atoms with Crippen molar-refractivity contribution in [1.82, 2.24) is 0 Å². The Morgan fingerprint density at radius 2 is 1.97 bits per heavy atom. The van der Waals surface area contributed by atoms with Gasteiger partial charge in [0.2, 0.25) is 0 Å². The van der Waals surface area contributed by atoms with Crippen molar-refractivity contribution in [3.63, 3.8) is 0 Å². The molecule has 7 nitrogen and oxygen atoms in total. The largest absolute Gasteiger partial charge is 0.491 e. The molecule has 5 atom stereocenters. The summed E-state index contributed by atoms with van der Waals surface area (Å²) in [6.07, 6.45) is -1.88. The Morgan fingerprint density at radius 1 is 1.19 bits per heavy atom. The first-order chi connectivity index (χ1) is 17.6. The van der Waals surface area contributed by atoms with E-state index in [0.29, 0.717) is 24.1 Å². The van der Waals surface area contributed by atoms with E-state index in [0.717, 1.165) is 17.0 Å². The third-order valence-electron chi connectivity index (χ3n) is 6.20. The van der Waals surface area contributed by atoms with Crippen molar-refractivity contribution in [1.29, 1.82) is 0 Å². The fourth-order valence-corrected chi connectivity index (χ4v) is 5.32. The molecule has 1 aliphatic rings. The molecule has 0 saturated heterocycles. The molecule has 1 aromatic heterocycles. The maximum absolute atomic E-state index is 12.8. The van der Waals surface area contributed by atoms with Crippen molar-refractivity contribution in [3.05, 3.63) is 63.9 Å². The third-order valence-corrected chi connectivity index (χ3v) is 7.33. The summed E-state index contributed by atoms with van der Waals surface area (Å²) in [5.41, 5.74) is -0.846. The van der Waals surface area contributed by atoms with Crippen LogP contribution in [0.2, 0.25) is 0 Å². The van der Waals surface area contributed by atoms with Gasteiger partial charge < -0.3 is 29.9 Å². The molecule has 0 spiro atoms. The van der Waals surface area contributed by atoms with E-state index in [9.17, 15) is 33.3 Å². The molecule has 1 aliphatic carbocycles. The fraction of sp³-hybridized carbons (Fsp3) is 0.500. The number of aryl methyl sites for hydroxylation is 1. The molecule has 11 heteroatoms. The summed E-state index contributed by atoms with van der Waals surface area (Å²) in [6.45, 7) is -0.570. The Morgan fingerprint density at radius 3 is 2.70 bits per heavy atom. The van der Waals surface area contributed by atoms with Gasteiger partial charge in [0.25, 0.3) is 0 Å². The van der Waals surface area contributed by atoms with Crippen molar-refractivity contribution in [2.45, 2.75) is 50.2 Å². The van der Waals surface area contributed by atoms with E-state index >= 15 is 0 Å². The van der Waals surface area contributed by atoms with Crippen LogP contribution in [0.1, 0.15) is 39.4 Å². The number of rotatable bonds is 12. The van der Waals surface area contributed by atoms with E-state index < -0.39 is 41.9 Å². The van der Waals surface area contributed by atoms with Gasteiger partial charge in [-0.15, -0.1) is 11.3 Å². The minimum atomic E-state index is -4.50. The molecular formula is C26H31F3O7S. The van der Waals surface area contributed by atoms with Crippen molar-refractivity contribution >= 4 is 17.3 Å². The van der Waals surface area contributed by atoms with Crippen LogP contribution in [-0.4, -0.2) is 64.5 Å². The fourth-order valence-electron chi connectivity index (χ4n) is 4.38. The van der Waals surface area contributed by atoms with Gasteiger partial charge in [0.15, 0.2) is 0 Å². The van der Waals surface area contributed by atoms with Gasteiger partial charge in [-0.2, -0.15) is 13.2 Å². The van der Waals surface area contributed by atoms with E-state index in [-0.39, 0.29) is 37.9 Å². The molecule has 37 heavy (non-hydrogen) atoms. The summed E-state index contributed by atoms with van der Waals surface area (Å²) >= 11 is 1.30. The highest BCUT2D eigenvalue weighted by molar-refractivity contribution is 7.13. The van der Waals surface area contributed by atoms with Gasteiger partial charge in [-0.05, 0) is 55.5 Å². The lowest BCUT2D eigenvalue weighted by atomic mass is 9.88. The first-order valence-corrected chi connectivity index (χ1v) is 12.8. The monoisotopic (exact) mass is 544 g/mol. The Bertz CT molecular complexity index is 1040. The summed E-state index contributed by atoms with van der Waals surface area (Å²) in [7, 11) is 0. The lowest BCUT2D eigenvalue weighted by molar-refractivity contribution is -0.137. The quantitative estimate of drug-likeness (QED) is 0.238. The van der Waals surface area contributed by atoms with Crippen LogP contribution in [0.15, 0.2) is 48.6 Å². The molecule has 0 radical (unpaired) electrons. The van der Waals surface area contributed by atoms with E-state index in [1.54, 1.807) is 12.1 Å². The zero-order chi connectivity index (χ0) is 27.0. The number of aliphatic hydroxyl groups is 4. The zero-order valence-electron chi connectivity index (χ0n) is 20.0. The van der Waals surface area contributed by atoms with Crippen LogP contribution in [0, 0.1) is 11.8 Å². The van der Waals surface area contributed by atoms with Crippen LogP contribution in [0.4, 0.5) is 13.2 Å². The van der Waals surface area contributed by atoms with E-state index in [4.69, 9.17) is 14.6 Å². The highest BCUT2D eigenvalue weighted by Gasteiger charge is 2.39. The summed E-state index contributed by atoms with van der Waals surface area (Å²) in [4.78, 5) is 13.3. The Hall–Kier alpha value is -2.44. The maximum atomic E-state index is 12.8. The number of ether oxygens (including phenoxy) is 2. The molecule has 2 aromatic rings. The molecule has 3 rings (SSSR count). The number of carbonyl (C=O) groups is 1.